The minimum absolute atomic E-state index is 0.0276. The van der Waals surface area contributed by atoms with Crippen molar-refractivity contribution in [3.05, 3.63) is 78.1 Å². The Kier molecular flexibility index (Phi) is 8.00. The van der Waals surface area contributed by atoms with Crippen LogP contribution in [0.1, 0.15) is 15.9 Å². The fourth-order valence-electron chi connectivity index (χ4n) is 3.62. The van der Waals surface area contributed by atoms with E-state index in [2.05, 4.69) is 43.0 Å². The number of hydrogen-bond donors (Lipinski definition) is 6. The SMILES string of the molecule is O=C(CNCCNC(=O)c1ccc(-c2cc3c(NCCc4ccccc4)ncnc3[nH]2)cc1)NO. The van der Waals surface area contributed by atoms with E-state index < -0.39 is 5.91 Å². The van der Waals surface area contributed by atoms with Crippen LogP contribution in [0, 0.1) is 0 Å². The smallest absolute Gasteiger partial charge is 0.257 e. The summed E-state index contributed by atoms with van der Waals surface area (Å²) in [6, 6.07) is 19.5. The quantitative estimate of drug-likeness (QED) is 0.111. The van der Waals surface area contributed by atoms with Crippen molar-refractivity contribution in [2.24, 2.45) is 0 Å². The Bertz CT molecular complexity index is 1270. The van der Waals surface area contributed by atoms with Crippen LogP contribution in [0.4, 0.5) is 5.82 Å². The number of benzene rings is 2. The molecule has 0 aliphatic carbocycles. The lowest BCUT2D eigenvalue weighted by Crippen LogP contribution is -2.37. The van der Waals surface area contributed by atoms with E-state index in [1.54, 1.807) is 12.1 Å². The van der Waals surface area contributed by atoms with Gasteiger partial charge in [-0.15, -0.1) is 0 Å². The zero-order valence-electron chi connectivity index (χ0n) is 19.0. The number of hydroxylamine groups is 1. The van der Waals surface area contributed by atoms with Gasteiger partial charge in [-0.1, -0.05) is 42.5 Å². The van der Waals surface area contributed by atoms with Gasteiger partial charge in [0.15, 0.2) is 0 Å². The average molecular weight is 474 g/mol. The maximum Gasteiger partial charge on any atom is 0.257 e. The molecule has 0 fully saturated rings. The van der Waals surface area contributed by atoms with Gasteiger partial charge in [0.25, 0.3) is 11.8 Å². The highest BCUT2D eigenvalue weighted by molar-refractivity contribution is 5.95. The van der Waals surface area contributed by atoms with E-state index in [-0.39, 0.29) is 12.5 Å². The van der Waals surface area contributed by atoms with Crippen LogP contribution < -0.4 is 21.4 Å². The Morgan fingerprint density at radius 2 is 1.74 bits per heavy atom. The van der Waals surface area contributed by atoms with Gasteiger partial charge in [0.1, 0.15) is 17.8 Å². The van der Waals surface area contributed by atoms with Crippen molar-refractivity contribution in [1.82, 2.24) is 31.1 Å². The fourth-order valence-corrected chi connectivity index (χ4v) is 3.62. The third-order valence-corrected chi connectivity index (χ3v) is 5.43. The van der Waals surface area contributed by atoms with Crippen LogP contribution in [0.3, 0.4) is 0 Å². The minimum Gasteiger partial charge on any atom is -0.369 e. The maximum atomic E-state index is 12.3. The standard InChI is InChI=1S/C25H27N7O3/c33-22(32-35)15-26-12-13-28-25(34)19-8-6-18(7-9-19)21-14-20-23(29-16-30-24(20)31-21)27-11-10-17-4-2-1-3-5-17/h1-9,14,16,26,35H,10-13,15H2,(H,28,34)(H,32,33)(H2,27,29,30,31). The summed E-state index contributed by atoms with van der Waals surface area (Å²) in [7, 11) is 0. The molecular formula is C25H27N7O3. The molecule has 6 N–H and O–H groups in total. The summed E-state index contributed by atoms with van der Waals surface area (Å²) in [5.41, 5.74) is 5.86. The van der Waals surface area contributed by atoms with Gasteiger partial charge < -0.3 is 20.9 Å². The van der Waals surface area contributed by atoms with Gasteiger partial charge in [0.05, 0.1) is 11.9 Å². The van der Waals surface area contributed by atoms with Crippen molar-refractivity contribution in [2.75, 3.05) is 31.5 Å². The Labute approximate surface area is 202 Å². The number of aromatic amines is 1. The van der Waals surface area contributed by atoms with Gasteiger partial charge in [-0.2, -0.15) is 0 Å². The molecule has 2 aromatic heterocycles. The monoisotopic (exact) mass is 473 g/mol. The molecule has 0 aliphatic rings. The Balaban J connectivity index is 1.35. The van der Waals surface area contributed by atoms with Gasteiger partial charge in [0, 0.05) is 30.9 Å². The number of rotatable bonds is 11. The van der Waals surface area contributed by atoms with Crippen LogP contribution in [0.15, 0.2) is 67.0 Å². The molecule has 0 saturated heterocycles. The molecular weight excluding hydrogens is 446 g/mol. The van der Waals surface area contributed by atoms with E-state index in [0.29, 0.717) is 18.7 Å². The van der Waals surface area contributed by atoms with E-state index >= 15 is 0 Å². The molecule has 2 heterocycles. The lowest BCUT2D eigenvalue weighted by Gasteiger charge is -2.07. The Hall–Kier alpha value is -4.28. The highest BCUT2D eigenvalue weighted by Crippen LogP contribution is 2.27. The minimum atomic E-state index is -0.537. The first-order chi connectivity index (χ1) is 17.1. The predicted octanol–water partition coefficient (Wildman–Crippen LogP) is 2.10. The van der Waals surface area contributed by atoms with Crippen LogP contribution in [-0.2, 0) is 11.2 Å². The van der Waals surface area contributed by atoms with E-state index in [4.69, 9.17) is 5.21 Å². The molecule has 0 radical (unpaired) electrons. The third kappa shape index (κ3) is 6.40. The number of nitrogens with zero attached hydrogens (tertiary/aromatic N) is 2. The number of fused-ring (bicyclic) bond motifs is 1. The Morgan fingerprint density at radius 3 is 2.51 bits per heavy atom. The Morgan fingerprint density at radius 1 is 0.943 bits per heavy atom. The van der Waals surface area contributed by atoms with Crippen LogP contribution in [0.5, 0.6) is 0 Å². The van der Waals surface area contributed by atoms with Crippen molar-refractivity contribution in [2.45, 2.75) is 6.42 Å². The van der Waals surface area contributed by atoms with Crippen molar-refractivity contribution in [3.63, 3.8) is 0 Å². The van der Waals surface area contributed by atoms with E-state index in [0.717, 1.165) is 41.1 Å². The molecule has 4 aromatic rings. The van der Waals surface area contributed by atoms with Gasteiger partial charge in [0.2, 0.25) is 0 Å². The summed E-state index contributed by atoms with van der Waals surface area (Å²) in [5.74, 6) is 0.0249. The van der Waals surface area contributed by atoms with Gasteiger partial charge >= 0.3 is 0 Å². The van der Waals surface area contributed by atoms with Gasteiger partial charge in [-0.3, -0.25) is 14.8 Å². The van der Waals surface area contributed by atoms with E-state index in [9.17, 15) is 9.59 Å². The largest absolute Gasteiger partial charge is 0.369 e. The summed E-state index contributed by atoms with van der Waals surface area (Å²) in [6.45, 7) is 1.47. The molecule has 35 heavy (non-hydrogen) atoms. The zero-order chi connectivity index (χ0) is 24.5. The number of H-pyrrole nitrogens is 1. The second-order valence-electron chi connectivity index (χ2n) is 7.87. The molecule has 0 unspecified atom stereocenters. The van der Waals surface area contributed by atoms with Crippen molar-refractivity contribution in [1.29, 1.82) is 0 Å². The first-order valence-electron chi connectivity index (χ1n) is 11.3. The first kappa shape index (κ1) is 23.9. The molecule has 0 bridgehead atoms. The zero-order valence-corrected chi connectivity index (χ0v) is 19.0. The third-order valence-electron chi connectivity index (χ3n) is 5.43. The summed E-state index contributed by atoms with van der Waals surface area (Å²) >= 11 is 0. The normalized spacial score (nSPS) is 10.8. The number of amides is 2. The second kappa shape index (κ2) is 11.7. The van der Waals surface area contributed by atoms with E-state index in [1.165, 1.54) is 17.4 Å². The molecule has 2 aromatic carbocycles. The van der Waals surface area contributed by atoms with Crippen molar-refractivity contribution in [3.8, 4) is 11.3 Å². The van der Waals surface area contributed by atoms with E-state index in [1.807, 2.05) is 36.4 Å². The second-order valence-corrected chi connectivity index (χ2v) is 7.87. The van der Waals surface area contributed by atoms with Gasteiger partial charge in [-0.05, 0) is 35.7 Å². The van der Waals surface area contributed by atoms with Crippen LogP contribution >= 0.6 is 0 Å². The maximum absolute atomic E-state index is 12.3. The molecule has 10 nitrogen and oxygen atoms in total. The predicted molar refractivity (Wildman–Crippen MR) is 133 cm³/mol. The molecule has 180 valence electrons. The number of nitrogens with one attached hydrogen (secondary N) is 5. The van der Waals surface area contributed by atoms with Crippen LogP contribution in [-0.4, -0.2) is 58.2 Å². The van der Waals surface area contributed by atoms with Crippen LogP contribution in [0.25, 0.3) is 22.3 Å². The molecule has 0 atom stereocenters. The van der Waals surface area contributed by atoms with Crippen molar-refractivity contribution >= 4 is 28.7 Å². The number of carbonyl (C=O) groups excluding carboxylic acids is 2. The summed E-state index contributed by atoms with van der Waals surface area (Å²) < 4.78 is 0. The lowest BCUT2D eigenvalue weighted by atomic mass is 10.1. The highest BCUT2D eigenvalue weighted by atomic mass is 16.5. The highest BCUT2D eigenvalue weighted by Gasteiger charge is 2.11. The molecule has 0 spiro atoms. The lowest BCUT2D eigenvalue weighted by molar-refractivity contribution is -0.128. The fraction of sp³-hybridized carbons (Fsp3) is 0.200. The number of anilines is 1. The number of hydrogen-bond acceptors (Lipinski definition) is 7. The molecule has 0 aliphatic heterocycles. The summed E-state index contributed by atoms with van der Waals surface area (Å²) in [6.07, 6.45) is 2.42. The summed E-state index contributed by atoms with van der Waals surface area (Å²) in [5, 5.41) is 18.3. The van der Waals surface area contributed by atoms with Gasteiger partial charge in [-0.25, -0.2) is 15.4 Å². The molecule has 0 saturated carbocycles. The molecule has 10 heteroatoms. The number of aromatic nitrogens is 3. The number of carbonyl (C=O) groups is 2. The topological polar surface area (TPSA) is 144 Å². The van der Waals surface area contributed by atoms with Crippen molar-refractivity contribution < 1.29 is 14.8 Å². The average Bonchev–Trinajstić information content (AvgIpc) is 3.34. The summed E-state index contributed by atoms with van der Waals surface area (Å²) in [4.78, 5) is 35.3. The first-order valence-corrected chi connectivity index (χ1v) is 11.3. The molecule has 4 rings (SSSR count). The molecule has 2 amide bonds. The van der Waals surface area contributed by atoms with Crippen LogP contribution in [0.2, 0.25) is 0 Å².